The second-order valence-corrected chi connectivity index (χ2v) is 4.55. The van der Waals surface area contributed by atoms with Gasteiger partial charge in [0.15, 0.2) is 5.82 Å². The maximum atomic E-state index is 3.93. The fraction of sp³-hybridized carbons (Fsp3) is 0.750. The third-order valence-corrected chi connectivity index (χ3v) is 3.22. The summed E-state index contributed by atoms with van der Waals surface area (Å²) in [6.07, 6.45) is 14.9. The van der Waals surface area contributed by atoms with Crippen molar-refractivity contribution >= 4 is 0 Å². The maximum absolute atomic E-state index is 3.93. The molecule has 1 aliphatic rings. The van der Waals surface area contributed by atoms with E-state index in [1.807, 2.05) is 0 Å². The summed E-state index contributed by atoms with van der Waals surface area (Å²) < 4.78 is 0. The molecule has 1 aromatic heterocycles. The van der Waals surface area contributed by atoms with Crippen LogP contribution < -0.4 is 0 Å². The third-order valence-electron chi connectivity index (χ3n) is 3.22. The summed E-state index contributed by atoms with van der Waals surface area (Å²) in [5.41, 5.74) is 0. The average Bonchev–Trinajstić information content (AvgIpc) is 2.96. The van der Waals surface area contributed by atoms with Gasteiger partial charge in [0.1, 0.15) is 0 Å². The molecule has 0 aromatic carbocycles. The van der Waals surface area contributed by atoms with Gasteiger partial charge in [0.2, 0.25) is 0 Å². The zero-order valence-electron chi connectivity index (χ0n) is 9.73. The molecule has 0 atom stereocenters. The predicted molar refractivity (Wildman–Crippen MR) is 62.8 cm³/mol. The standard InChI is InChI=1S/C12H20N4/c1(3-7-11-8-5-6-9-11)2-4-10-12-13-15-16-14-12/h3,7,11H,1-2,4-6,8-10H2,(H,13,14,15,16). The number of hydrogen-bond acceptors (Lipinski definition) is 3. The van der Waals surface area contributed by atoms with Gasteiger partial charge in [-0.05, 0) is 38.0 Å². The summed E-state index contributed by atoms with van der Waals surface area (Å²) >= 11 is 0. The molecule has 1 heterocycles. The predicted octanol–water partition coefficient (Wildman–Crippen LogP) is 2.66. The van der Waals surface area contributed by atoms with Crippen molar-refractivity contribution in [3.8, 4) is 0 Å². The summed E-state index contributed by atoms with van der Waals surface area (Å²) in [4.78, 5) is 0. The van der Waals surface area contributed by atoms with Crippen LogP contribution >= 0.6 is 0 Å². The van der Waals surface area contributed by atoms with Crippen LogP contribution in [0.3, 0.4) is 0 Å². The van der Waals surface area contributed by atoms with E-state index in [0.717, 1.165) is 24.6 Å². The number of nitrogens with zero attached hydrogens (tertiary/aromatic N) is 3. The van der Waals surface area contributed by atoms with Crippen molar-refractivity contribution in [1.29, 1.82) is 0 Å². The minimum Gasteiger partial charge on any atom is -0.177 e. The van der Waals surface area contributed by atoms with Crippen LogP contribution in [0.4, 0.5) is 0 Å². The van der Waals surface area contributed by atoms with Crippen LogP contribution in [-0.4, -0.2) is 20.6 Å². The van der Waals surface area contributed by atoms with Crippen molar-refractivity contribution in [2.75, 3.05) is 0 Å². The van der Waals surface area contributed by atoms with Gasteiger partial charge in [0.05, 0.1) is 0 Å². The SMILES string of the molecule is C(=CC1CCCC1)CCCCc1nn[nH]n1. The molecule has 4 nitrogen and oxygen atoms in total. The summed E-state index contributed by atoms with van der Waals surface area (Å²) in [5.74, 6) is 1.71. The Bertz CT molecular complexity index is 299. The lowest BCUT2D eigenvalue weighted by atomic mass is 10.1. The van der Waals surface area contributed by atoms with E-state index in [1.54, 1.807) is 0 Å². The molecule has 0 aliphatic heterocycles. The molecule has 1 N–H and O–H groups in total. The van der Waals surface area contributed by atoms with Gasteiger partial charge >= 0.3 is 0 Å². The lowest BCUT2D eigenvalue weighted by molar-refractivity contribution is 0.674. The molecule has 16 heavy (non-hydrogen) atoms. The number of aryl methyl sites for hydroxylation is 1. The lowest BCUT2D eigenvalue weighted by Gasteiger charge is -1.99. The van der Waals surface area contributed by atoms with Crippen molar-refractivity contribution in [2.24, 2.45) is 5.92 Å². The molecule has 1 saturated carbocycles. The number of aromatic amines is 1. The highest BCUT2D eigenvalue weighted by Gasteiger charge is 2.10. The van der Waals surface area contributed by atoms with Gasteiger partial charge in [-0.1, -0.05) is 30.2 Å². The summed E-state index contributed by atoms with van der Waals surface area (Å²) in [6.45, 7) is 0. The zero-order valence-corrected chi connectivity index (χ0v) is 9.73. The number of unbranched alkanes of at least 4 members (excludes halogenated alkanes) is 2. The molecule has 0 saturated heterocycles. The molecule has 0 bridgehead atoms. The molecular weight excluding hydrogens is 200 g/mol. The monoisotopic (exact) mass is 220 g/mol. The molecule has 0 amide bonds. The van der Waals surface area contributed by atoms with Gasteiger partial charge in [-0.3, -0.25) is 0 Å². The fourth-order valence-electron chi connectivity index (χ4n) is 2.27. The van der Waals surface area contributed by atoms with Crippen molar-refractivity contribution in [3.05, 3.63) is 18.0 Å². The quantitative estimate of drug-likeness (QED) is 0.592. The number of H-pyrrole nitrogens is 1. The highest BCUT2D eigenvalue weighted by atomic mass is 15.5. The van der Waals surface area contributed by atoms with Gasteiger partial charge in [-0.2, -0.15) is 5.21 Å². The molecule has 0 unspecified atom stereocenters. The summed E-state index contributed by atoms with van der Waals surface area (Å²) in [7, 11) is 0. The first-order valence-electron chi connectivity index (χ1n) is 6.34. The van der Waals surface area contributed by atoms with Crippen molar-refractivity contribution in [3.63, 3.8) is 0 Å². The van der Waals surface area contributed by atoms with Crippen molar-refractivity contribution in [1.82, 2.24) is 20.6 Å². The van der Waals surface area contributed by atoms with Gasteiger partial charge in [-0.15, -0.1) is 10.2 Å². The van der Waals surface area contributed by atoms with Crippen LogP contribution in [0, 0.1) is 5.92 Å². The number of allylic oxidation sites excluding steroid dienone is 2. The molecule has 1 aliphatic carbocycles. The van der Waals surface area contributed by atoms with Crippen molar-refractivity contribution in [2.45, 2.75) is 51.4 Å². The van der Waals surface area contributed by atoms with Crippen LogP contribution in [0.5, 0.6) is 0 Å². The topological polar surface area (TPSA) is 54.5 Å². The molecular formula is C12H20N4. The van der Waals surface area contributed by atoms with E-state index in [-0.39, 0.29) is 0 Å². The van der Waals surface area contributed by atoms with E-state index < -0.39 is 0 Å². The van der Waals surface area contributed by atoms with Crippen LogP contribution in [0.15, 0.2) is 12.2 Å². The lowest BCUT2D eigenvalue weighted by Crippen LogP contribution is -1.89. The molecule has 1 aromatic rings. The Hall–Kier alpha value is -1.19. The number of nitrogens with one attached hydrogen (secondary N) is 1. The van der Waals surface area contributed by atoms with E-state index >= 15 is 0 Å². The minimum atomic E-state index is 0.833. The maximum Gasteiger partial charge on any atom is 0.174 e. The smallest absolute Gasteiger partial charge is 0.174 e. The van der Waals surface area contributed by atoms with E-state index in [1.165, 1.54) is 38.5 Å². The summed E-state index contributed by atoms with van der Waals surface area (Å²) in [6, 6.07) is 0. The Morgan fingerprint density at radius 1 is 1.25 bits per heavy atom. The summed E-state index contributed by atoms with van der Waals surface area (Å²) in [5, 5.41) is 13.9. The Morgan fingerprint density at radius 2 is 2.12 bits per heavy atom. The first kappa shape index (κ1) is 11.3. The van der Waals surface area contributed by atoms with Crippen molar-refractivity contribution < 1.29 is 0 Å². The Balaban J connectivity index is 1.51. The van der Waals surface area contributed by atoms with Crippen LogP contribution in [-0.2, 0) is 6.42 Å². The number of aromatic nitrogens is 4. The van der Waals surface area contributed by atoms with Crippen LogP contribution in [0.1, 0.15) is 50.8 Å². The van der Waals surface area contributed by atoms with Crippen LogP contribution in [0.2, 0.25) is 0 Å². The second-order valence-electron chi connectivity index (χ2n) is 4.55. The van der Waals surface area contributed by atoms with Gasteiger partial charge < -0.3 is 0 Å². The highest BCUT2D eigenvalue weighted by molar-refractivity contribution is 4.90. The van der Waals surface area contributed by atoms with Gasteiger partial charge in [0.25, 0.3) is 0 Å². The van der Waals surface area contributed by atoms with E-state index in [9.17, 15) is 0 Å². The van der Waals surface area contributed by atoms with Gasteiger partial charge in [0, 0.05) is 6.42 Å². The Labute approximate surface area is 96.5 Å². The minimum absolute atomic E-state index is 0.833. The normalized spacial score (nSPS) is 17.5. The van der Waals surface area contributed by atoms with E-state index in [4.69, 9.17) is 0 Å². The molecule has 1 fully saturated rings. The number of hydrogen-bond donors (Lipinski definition) is 1. The van der Waals surface area contributed by atoms with Crippen LogP contribution in [0.25, 0.3) is 0 Å². The van der Waals surface area contributed by atoms with Gasteiger partial charge in [-0.25, -0.2) is 0 Å². The third kappa shape index (κ3) is 3.76. The zero-order chi connectivity index (χ0) is 11.1. The molecule has 2 rings (SSSR count). The number of tetrazole rings is 1. The molecule has 88 valence electrons. The fourth-order valence-corrected chi connectivity index (χ4v) is 2.27. The first-order valence-corrected chi connectivity index (χ1v) is 6.34. The molecule has 4 heteroatoms. The molecule has 0 spiro atoms. The van der Waals surface area contributed by atoms with E-state index in [2.05, 4.69) is 32.8 Å². The van der Waals surface area contributed by atoms with E-state index in [0.29, 0.717) is 0 Å². The second kappa shape index (κ2) is 6.40. The Kier molecular flexibility index (Phi) is 4.52. The first-order chi connectivity index (χ1) is 7.95. The largest absolute Gasteiger partial charge is 0.177 e. The highest BCUT2D eigenvalue weighted by Crippen LogP contribution is 2.25. The molecule has 0 radical (unpaired) electrons. The average molecular weight is 220 g/mol. The Morgan fingerprint density at radius 3 is 2.88 bits per heavy atom. The number of rotatable bonds is 6.